The van der Waals surface area contributed by atoms with Gasteiger partial charge in [0.2, 0.25) is 5.91 Å². The Morgan fingerprint density at radius 3 is 2.63 bits per heavy atom. The number of thioether (sulfide) groups is 1. The Hall–Kier alpha value is -2.25. The molecule has 7 heteroatoms. The number of carbonyl (C=O) groups is 2. The first kappa shape index (κ1) is 19.5. The number of Topliss-reactive ketones (excluding diaryl/α,β-unsaturated/α-hetero) is 1. The van der Waals surface area contributed by atoms with E-state index in [0.29, 0.717) is 17.1 Å². The minimum absolute atomic E-state index is 0.0318. The molecule has 0 aliphatic rings. The number of aromatic nitrogens is 2. The molecule has 140 valence electrons. The monoisotopic (exact) mass is 399 g/mol. The minimum atomic E-state index is -0.344. The third kappa shape index (κ3) is 4.20. The van der Waals surface area contributed by atoms with Crippen molar-refractivity contribution in [1.82, 2.24) is 9.97 Å². The summed E-state index contributed by atoms with van der Waals surface area (Å²) in [5.41, 5.74) is 2.36. The Kier molecular flexibility index (Phi) is 5.62. The molecule has 0 radical (unpaired) electrons. The topological polar surface area (TPSA) is 72.0 Å². The molecule has 0 fully saturated rings. The molecule has 2 aromatic heterocycles. The summed E-state index contributed by atoms with van der Waals surface area (Å²) in [5.74, 6) is 0.540. The van der Waals surface area contributed by atoms with E-state index in [1.165, 1.54) is 29.1 Å². The summed E-state index contributed by atoms with van der Waals surface area (Å²) in [5, 5.41) is 4.41. The van der Waals surface area contributed by atoms with Crippen molar-refractivity contribution in [2.45, 2.75) is 44.9 Å². The molecule has 5 nitrogen and oxygen atoms in total. The van der Waals surface area contributed by atoms with Crippen LogP contribution in [-0.4, -0.2) is 26.9 Å². The molecule has 1 atom stereocenters. The number of rotatable bonds is 5. The van der Waals surface area contributed by atoms with Gasteiger partial charge in [-0.3, -0.25) is 9.59 Å². The Morgan fingerprint density at radius 2 is 1.93 bits per heavy atom. The van der Waals surface area contributed by atoms with Crippen molar-refractivity contribution in [3.8, 4) is 0 Å². The number of nitrogens with zero attached hydrogens (tertiary/aromatic N) is 2. The van der Waals surface area contributed by atoms with Gasteiger partial charge in [0.05, 0.1) is 5.25 Å². The van der Waals surface area contributed by atoms with Crippen LogP contribution in [0.1, 0.15) is 40.5 Å². The van der Waals surface area contributed by atoms with Crippen LogP contribution in [0.3, 0.4) is 0 Å². The van der Waals surface area contributed by atoms with E-state index in [1.54, 1.807) is 35.6 Å². The zero-order chi connectivity index (χ0) is 19.7. The Morgan fingerprint density at radius 1 is 1.19 bits per heavy atom. The first-order valence-electron chi connectivity index (χ1n) is 8.59. The highest BCUT2D eigenvalue weighted by molar-refractivity contribution is 8.00. The number of carbonyl (C=O) groups excluding carboxylic acids is 2. The molecule has 1 N–H and O–H groups in total. The second kappa shape index (κ2) is 7.78. The van der Waals surface area contributed by atoms with E-state index in [1.807, 2.05) is 13.8 Å². The fourth-order valence-electron chi connectivity index (χ4n) is 2.68. The molecule has 27 heavy (non-hydrogen) atoms. The lowest BCUT2D eigenvalue weighted by Crippen LogP contribution is -2.22. The number of amides is 1. The van der Waals surface area contributed by atoms with Crippen molar-refractivity contribution in [2.75, 3.05) is 5.32 Å². The van der Waals surface area contributed by atoms with Gasteiger partial charge in [0.1, 0.15) is 15.7 Å². The number of aryl methyl sites for hydroxylation is 3. The summed E-state index contributed by atoms with van der Waals surface area (Å²) in [6, 6.07) is 6.97. The molecular weight excluding hydrogens is 378 g/mol. The van der Waals surface area contributed by atoms with Gasteiger partial charge in [-0.25, -0.2) is 9.97 Å². The van der Waals surface area contributed by atoms with Crippen LogP contribution in [0.2, 0.25) is 0 Å². The molecule has 0 bridgehead atoms. The van der Waals surface area contributed by atoms with Crippen LogP contribution in [0.4, 0.5) is 5.69 Å². The number of nitrogens with one attached hydrogen (secondary N) is 1. The number of hydrogen-bond donors (Lipinski definition) is 1. The van der Waals surface area contributed by atoms with Gasteiger partial charge in [0.25, 0.3) is 0 Å². The van der Waals surface area contributed by atoms with E-state index < -0.39 is 0 Å². The van der Waals surface area contributed by atoms with Gasteiger partial charge >= 0.3 is 0 Å². The fourth-order valence-corrected chi connectivity index (χ4v) is 4.87. The average molecular weight is 400 g/mol. The van der Waals surface area contributed by atoms with Crippen LogP contribution < -0.4 is 5.32 Å². The second-order valence-electron chi connectivity index (χ2n) is 6.43. The van der Waals surface area contributed by atoms with Crippen molar-refractivity contribution in [3.05, 3.63) is 46.1 Å². The lowest BCUT2D eigenvalue weighted by Gasteiger charge is -2.13. The third-order valence-electron chi connectivity index (χ3n) is 4.30. The maximum atomic E-state index is 12.7. The lowest BCUT2D eigenvalue weighted by atomic mass is 10.1. The third-order valence-corrected chi connectivity index (χ3v) is 6.49. The first-order valence-corrected chi connectivity index (χ1v) is 10.3. The predicted molar refractivity (Wildman–Crippen MR) is 112 cm³/mol. The predicted octanol–water partition coefficient (Wildman–Crippen LogP) is 4.94. The van der Waals surface area contributed by atoms with Crippen LogP contribution in [-0.2, 0) is 4.79 Å². The van der Waals surface area contributed by atoms with Crippen molar-refractivity contribution < 1.29 is 9.59 Å². The van der Waals surface area contributed by atoms with E-state index in [4.69, 9.17) is 0 Å². The van der Waals surface area contributed by atoms with Gasteiger partial charge in [0.15, 0.2) is 5.78 Å². The number of fused-ring (bicyclic) bond motifs is 1. The maximum Gasteiger partial charge on any atom is 0.237 e. The van der Waals surface area contributed by atoms with Crippen LogP contribution in [0.25, 0.3) is 10.2 Å². The van der Waals surface area contributed by atoms with Crippen molar-refractivity contribution in [1.29, 1.82) is 0 Å². The SMILES string of the molecule is CC(=O)c1cccc(NC(=O)C(C)Sc2nc(C)nc3sc(C)c(C)c23)c1. The Labute approximate surface area is 166 Å². The highest BCUT2D eigenvalue weighted by Gasteiger charge is 2.20. The summed E-state index contributed by atoms with van der Waals surface area (Å²) in [6.45, 7) is 9.37. The first-order chi connectivity index (χ1) is 12.8. The summed E-state index contributed by atoms with van der Waals surface area (Å²) < 4.78 is 0. The number of benzene rings is 1. The number of anilines is 1. The molecule has 1 unspecified atom stereocenters. The number of hydrogen-bond acceptors (Lipinski definition) is 6. The van der Waals surface area contributed by atoms with Crippen molar-refractivity contribution in [3.63, 3.8) is 0 Å². The van der Waals surface area contributed by atoms with Gasteiger partial charge in [0, 0.05) is 21.5 Å². The van der Waals surface area contributed by atoms with E-state index in [0.717, 1.165) is 15.2 Å². The van der Waals surface area contributed by atoms with Crippen LogP contribution >= 0.6 is 23.1 Å². The van der Waals surface area contributed by atoms with Gasteiger partial charge in [-0.2, -0.15) is 0 Å². The summed E-state index contributed by atoms with van der Waals surface area (Å²) in [6.07, 6.45) is 0. The Bertz CT molecular complexity index is 1040. The summed E-state index contributed by atoms with van der Waals surface area (Å²) >= 11 is 3.08. The molecule has 3 aromatic rings. The highest BCUT2D eigenvalue weighted by atomic mass is 32.2. The molecule has 1 amide bonds. The molecule has 0 aliphatic heterocycles. The largest absolute Gasteiger partial charge is 0.325 e. The highest BCUT2D eigenvalue weighted by Crippen LogP contribution is 2.36. The average Bonchev–Trinajstić information content (AvgIpc) is 2.89. The molecule has 0 spiro atoms. The molecule has 2 heterocycles. The van der Waals surface area contributed by atoms with Gasteiger partial charge in [-0.05, 0) is 52.3 Å². The number of thiophene rings is 1. The van der Waals surface area contributed by atoms with Crippen LogP contribution in [0, 0.1) is 20.8 Å². The molecule has 0 aliphatic carbocycles. The van der Waals surface area contributed by atoms with Crippen LogP contribution in [0.15, 0.2) is 29.3 Å². The summed E-state index contributed by atoms with van der Waals surface area (Å²) in [7, 11) is 0. The standard InChI is InChI=1S/C20H21N3O2S2/c1-10-12(3)26-19-17(10)20(22-14(5)21-19)27-13(4)18(25)23-16-8-6-7-15(9-16)11(2)24/h6-9,13H,1-5H3,(H,23,25). The second-order valence-corrected chi connectivity index (χ2v) is 8.96. The molecule has 0 saturated heterocycles. The van der Waals surface area contributed by atoms with Gasteiger partial charge < -0.3 is 5.32 Å². The van der Waals surface area contributed by atoms with Crippen molar-refractivity contribution >= 4 is 50.7 Å². The van der Waals surface area contributed by atoms with Crippen LogP contribution in [0.5, 0.6) is 0 Å². The maximum absolute atomic E-state index is 12.7. The lowest BCUT2D eigenvalue weighted by molar-refractivity contribution is -0.115. The molecule has 0 saturated carbocycles. The quantitative estimate of drug-likeness (QED) is 0.374. The Balaban J connectivity index is 1.82. The van der Waals surface area contributed by atoms with Crippen molar-refractivity contribution in [2.24, 2.45) is 0 Å². The van der Waals surface area contributed by atoms with E-state index in [-0.39, 0.29) is 16.9 Å². The number of ketones is 1. The van der Waals surface area contributed by atoms with Gasteiger partial charge in [-0.15, -0.1) is 11.3 Å². The summed E-state index contributed by atoms with van der Waals surface area (Å²) in [4.78, 5) is 35.4. The van der Waals surface area contributed by atoms with E-state index >= 15 is 0 Å². The molecule has 1 aromatic carbocycles. The molecular formula is C20H21N3O2S2. The zero-order valence-electron chi connectivity index (χ0n) is 15.9. The van der Waals surface area contributed by atoms with Gasteiger partial charge in [-0.1, -0.05) is 23.9 Å². The zero-order valence-corrected chi connectivity index (χ0v) is 17.5. The fraction of sp³-hybridized carbons (Fsp3) is 0.300. The normalized spacial score (nSPS) is 12.2. The minimum Gasteiger partial charge on any atom is -0.325 e. The molecule has 3 rings (SSSR count). The van der Waals surface area contributed by atoms with E-state index in [9.17, 15) is 9.59 Å². The van der Waals surface area contributed by atoms with E-state index in [2.05, 4.69) is 29.1 Å². The smallest absolute Gasteiger partial charge is 0.237 e.